The van der Waals surface area contributed by atoms with Gasteiger partial charge in [0.15, 0.2) is 0 Å². The van der Waals surface area contributed by atoms with Gasteiger partial charge in [-0.3, -0.25) is 4.79 Å². The molecule has 1 N–H and O–H groups in total. The van der Waals surface area contributed by atoms with Gasteiger partial charge < -0.3 is 10.2 Å². The van der Waals surface area contributed by atoms with E-state index in [0.29, 0.717) is 5.92 Å². The molecule has 1 atom stereocenters. The van der Waals surface area contributed by atoms with Gasteiger partial charge in [0.25, 0.3) is 5.91 Å². The molecule has 1 heterocycles. The first-order valence-corrected chi connectivity index (χ1v) is 8.77. The SMILES string of the molecule is Cc1ccccc1-c1ccccc1C(=O)NC[C@H]1CCCN(C)C1. The summed E-state index contributed by atoms with van der Waals surface area (Å²) in [5.41, 5.74) is 4.08. The summed E-state index contributed by atoms with van der Waals surface area (Å²) in [7, 11) is 2.15. The Morgan fingerprint density at radius 2 is 1.83 bits per heavy atom. The number of aryl methyl sites for hydroxylation is 1. The minimum absolute atomic E-state index is 0.0297. The first-order valence-electron chi connectivity index (χ1n) is 8.77. The lowest BCUT2D eigenvalue weighted by Gasteiger charge is -2.29. The lowest BCUT2D eigenvalue weighted by molar-refractivity contribution is 0.0937. The summed E-state index contributed by atoms with van der Waals surface area (Å²) < 4.78 is 0. The Balaban J connectivity index is 1.75. The van der Waals surface area contributed by atoms with Crippen LogP contribution in [0.3, 0.4) is 0 Å². The molecule has 0 bridgehead atoms. The number of rotatable bonds is 4. The molecule has 24 heavy (non-hydrogen) atoms. The average molecular weight is 322 g/mol. The molecule has 2 aromatic rings. The van der Waals surface area contributed by atoms with Crippen molar-refractivity contribution in [2.45, 2.75) is 19.8 Å². The summed E-state index contributed by atoms with van der Waals surface area (Å²) in [6, 6.07) is 16.1. The van der Waals surface area contributed by atoms with E-state index in [9.17, 15) is 4.79 Å². The summed E-state index contributed by atoms with van der Waals surface area (Å²) >= 11 is 0. The maximum atomic E-state index is 12.7. The summed E-state index contributed by atoms with van der Waals surface area (Å²) in [4.78, 5) is 15.1. The number of amides is 1. The highest BCUT2D eigenvalue weighted by atomic mass is 16.1. The van der Waals surface area contributed by atoms with E-state index in [1.54, 1.807) is 0 Å². The third-order valence-corrected chi connectivity index (χ3v) is 4.88. The van der Waals surface area contributed by atoms with Crippen molar-refractivity contribution in [3.63, 3.8) is 0 Å². The molecule has 2 aromatic carbocycles. The summed E-state index contributed by atoms with van der Waals surface area (Å²) in [6.07, 6.45) is 2.42. The Hall–Kier alpha value is -2.13. The molecule has 0 aliphatic carbocycles. The predicted molar refractivity (Wildman–Crippen MR) is 99.2 cm³/mol. The van der Waals surface area contributed by atoms with Gasteiger partial charge in [0, 0.05) is 18.7 Å². The molecule has 1 aliphatic rings. The van der Waals surface area contributed by atoms with Gasteiger partial charge in [-0.25, -0.2) is 0 Å². The Kier molecular flexibility index (Phi) is 5.31. The van der Waals surface area contributed by atoms with Crippen molar-refractivity contribution in [3.05, 3.63) is 59.7 Å². The maximum Gasteiger partial charge on any atom is 0.251 e. The quantitative estimate of drug-likeness (QED) is 0.930. The van der Waals surface area contributed by atoms with Crippen LogP contribution in [-0.2, 0) is 0 Å². The van der Waals surface area contributed by atoms with Crippen LogP contribution in [0.4, 0.5) is 0 Å². The van der Waals surface area contributed by atoms with Crippen LogP contribution in [0.5, 0.6) is 0 Å². The molecule has 0 spiro atoms. The van der Waals surface area contributed by atoms with Crippen LogP contribution in [0.25, 0.3) is 11.1 Å². The van der Waals surface area contributed by atoms with Crippen LogP contribution >= 0.6 is 0 Å². The molecular weight excluding hydrogens is 296 g/mol. The predicted octanol–water partition coefficient (Wildman–Crippen LogP) is 3.73. The Morgan fingerprint density at radius 1 is 1.12 bits per heavy atom. The highest BCUT2D eigenvalue weighted by Gasteiger charge is 2.19. The molecule has 0 radical (unpaired) electrons. The molecule has 126 valence electrons. The lowest BCUT2D eigenvalue weighted by Crippen LogP contribution is -2.39. The fourth-order valence-corrected chi connectivity index (χ4v) is 3.56. The van der Waals surface area contributed by atoms with Crippen LogP contribution in [0.15, 0.2) is 48.5 Å². The van der Waals surface area contributed by atoms with E-state index >= 15 is 0 Å². The number of carbonyl (C=O) groups is 1. The van der Waals surface area contributed by atoms with Crippen molar-refractivity contribution in [1.29, 1.82) is 0 Å². The van der Waals surface area contributed by atoms with Gasteiger partial charge in [-0.05, 0) is 62.0 Å². The van der Waals surface area contributed by atoms with Crippen molar-refractivity contribution in [2.75, 3.05) is 26.7 Å². The van der Waals surface area contributed by atoms with Crippen LogP contribution in [-0.4, -0.2) is 37.5 Å². The molecule has 1 amide bonds. The number of hydrogen-bond acceptors (Lipinski definition) is 2. The summed E-state index contributed by atoms with van der Waals surface area (Å²) in [6.45, 7) is 5.08. The third kappa shape index (κ3) is 3.85. The fraction of sp³-hybridized carbons (Fsp3) is 0.381. The Labute approximate surface area is 144 Å². The van der Waals surface area contributed by atoms with Crippen LogP contribution in [0, 0.1) is 12.8 Å². The van der Waals surface area contributed by atoms with Gasteiger partial charge >= 0.3 is 0 Å². The van der Waals surface area contributed by atoms with Gasteiger partial charge in [0.1, 0.15) is 0 Å². The number of nitrogens with zero attached hydrogens (tertiary/aromatic N) is 1. The zero-order valence-corrected chi connectivity index (χ0v) is 14.6. The molecular formula is C21H26N2O. The van der Waals surface area contributed by atoms with E-state index in [1.165, 1.54) is 24.9 Å². The van der Waals surface area contributed by atoms with E-state index < -0.39 is 0 Å². The number of benzene rings is 2. The second-order valence-electron chi connectivity index (χ2n) is 6.84. The number of nitrogens with one attached hydrogen (secondary N) is 1. The summed E-state index contributed by atoms with van der Waals surface area (Å²) in [5.74, 6) is 0.584. The Morgan fingerprint density at radius 3 is 2.58 bits per heavy atom. The van der Waals surface area contributed by atoms with Crippen molar-refractivity contribution >= 4 is 5.91 Å². The number of carbonyl (C=O) groups excluding carboxylic acids is 1. The topological polar surface area (TPSA) is 32.3 Å². The molecule has 1 fully saturated rings. The van der Waals surface area contributed by atoms with E-state index in [1.807, 2.05) is 36.4 Å². The van der Waals surface area contributed by atoms with Gasteiger partial charge in [0.2, 0.25) is 0 Å². The monoisotopic (exact) mass is 322 g/mol. The maximum absolute atomic E-state index is 12.7. The molecule has 1 aliphatic heterocycles. The molecule has 3 rings (SSSR count). The number of hydrogen-bond donors (Lipinski definition) is 1. The second-order valence-corrected chi connectivity index (χ2v) is 6.84. The highest BCUT2D eigenvalue weighted by molar-refractivity contribution is 6.01. The average Bonchev–Trinajstić information content (AvgIpc) is 2.60. The largest absolute Gasteiger partial charge is 0.352 e. The molecule has 1 saturated heterocycles. The van der Waals surface area contributed by atoms with Crippen LogP contribution < -0.4 is 5.32 Å². The van der Waals surface area contributed by atoms with Gasteiger partial charge in [-0.2, -0.15) is 0 Å². The first kappa shape index (κ1) is 16.7. The normalized spacial score (nSPS) is 18.3. The minimum atomic E-state index is 0.0297. The molecule has 0 unspecified atom stereocenters. The summed E-state index contributed by atoms with van der Waals surface area (Å²) in [5, 5.41) is 3.15. The molecule has 3 nitrogen and oxygen atoms in total. The number of piperidine rings is 1. The van der Waals surface area contributed by atoms with E-state index in [-0.39, 0.29) is 5.91 Å². The van der Waals surface area contributed by atoms with E-state index in [0.717, 1.165) is 29.8 Å². The van der Waals surface area contributed by atoms with E-state index in [2.05, 4.69) is 36.3 Å². The second kappa shape index (κ2) is 7.63. The van der Waals surface area contributed by atoms with Crippen LogP contribution in [0.1, 0.15) is 28.8 Å². The van der Waals surface area contributed by atoms with E-state index in [4.69, 9.17) is 0 Å². The zero-order chi connectivity index (χ0) is 16.9. The van der Waals surface area contributed by atoms with Crippen molar-refractivity contribution in [3.8, 4) is 11.1 Å². The third-order valence-electron chi connectivity index (χ3n) is 4.88. The standard InChI is InChI=1S/C21H26N2O/c1-16-8-3-4-10-18(16)19-11-5-6-12-20(19)21(24)22-14-17-9-7-13-23(2)15-17/h3-6,8,10-12,17H,7,9,13-15H2,1-2H3,(H,22,24)/t17-/m1/s1. The van der Waals surface area contributed by atoms with Crippen molar-refractivity contribution in [2.24, 2.45) is 5.92 Å². The van der Waals surface area contributed by atoms with Crippen LogP contribution in [0.2, 0.25) is 0 Å². The first-order chi connectivity index (χ1) is 11.6. The fourth-order valence-electron chi connectivity index (χ4n) is 3.56. The minimum Gasteiger partial charge on any atom is -0.352 e. The smallest absolute Gasteiger partial charge is 0.251 e. The van der Waals surface area contributed by atoms with Gasteiger partial charge in [-0.1, -0.05) is 42.5 Å². The van der Waals surface area contributed by atoms with Crippen molar-refractivity contribution < 1.29 is 4.79 Å². The highest BCUT2D eigenvalue weighted by Crippen LogP contribution is 2.26. The Bertz CT molecular complexity index is 710. The molecule has 0 aromatic heterocycles. The lowest BCUT2D eigenvalue weighted by atomic mass is 9.95. The molecule has 3 heteroatoms. The van der Waals surface area contributed by atoms with Crippen molar-refractivity contribution in [1.82, 2.24) is 10.2 Å². The zero-order valence-electron chi connectivity index (χ0n) is 14.6. The van der Waals surface area contributed by atoms with Gasteiger partial charge in [-0.15, -0.1) is 0 Å². The molecule has 0 saturated carbocycles. The van der Waals surface area contributed by atoms with Gasteiger partial charge in [0.05, 0.1) is 0 Å². The number of likely N-dealkylation sites (tertiary alicyclic amines) is 1.